The van der Waals surface area contributed by atoms with Gasteiger partial charge in [0.25, 0.3) is 5.91 Å². The summed E-state index contributed by atoms with van der Waals surface area (Å²) in [5.41, 5.74) is 0.685. The second kappa shape index (κ2) is 7.65. The fraction of sp³-hybridized carbons (Fsp3) is 0.444. The Morgan fingerprint density at radius 1 is 0.885 bits per heavy atom. The maximum absolute atomic E-state index is 12.5. The summed E-state index contributed by atoms with van der Waals surface area (Å²) in [6.45, 7) is 5.94. The average Bonchev–Trinajstić information content (AvgIpc) is 2.75. The molecule has 2 aliphatic rings. The number of rotatable bonds is 3. The molecule has 0 unspecified atom stereocenters. The molecule has 2 saturated heterocycles. The molecule has 0 aliphatic carbocycles. The Kier molecular flexibility index (Phi) is 4.92. The van der Waals surface area contributed by atoms with E-state index in [0.717, 1.165) is 37.9 Å². The lowest BCUT2D eigenvalue weighted by molar-refractivity contribution is 0.0746. The molecule has 0 radical (unpaired) electrons. The van der Waals surface area contributed by atoms with Gasteiger partial charge in [-0.25, -0.2) is 4.98 Å². The molecule has 4 heterocycles. The van der Waals surface area contributed by atoms with Crippen molar-refractivity contribution in [2.75, 3.05) is 62.3 Å². The molecule has 0 spiro atoms. The lowest BCUT2D eigenvalue weighted by atomic mass is 10.2. The van der Waals surface area contributed by atoms with Crippen molar-refractivity contribution in [3.8, 4) is 0 Å². The van der Waals surface area contributed by atoms with Gasteiger partial charge in [-0.2, -0.15) is 4.98 Å². The van der Waals surface area contributed by atoms with Crippen LogP contribution in [0.4, 0.5) is 11.8 Å². The molecule has 2 aromatic rings. The molecule has 0 saturated carbocycles. The SMILES string of the molecule is O=C(c1ccncc1)N1CCN(c2ccnc(N3CCOCC3)n2)CC1. The first-order valence-electron chi connectivity index (χ1n) is 8.91. The van der Waals surface area contributed by atoms with Gasteiger partial charge in [-0.05, 0) is 18.2 Å². The molecule has 26 heavy (non-hydrogen) atoms. The number of carbonyl (C=O) groups is 1. The Morgan fingerprint density at radius 3 is 2.35 bits per heavy atom. The molecule has 0 aromatic carbocycles. The second-order valence-electron chi connectivity index (χ2n) is 6.33. The molecule has 0 atom stereocenters. The van der Waals surface area contributed by atoms with Crippen molar-refractivity contribution in [1.82, 2.24) is 19.9 Å². The molecular formula is C18H22N6O2. The molecule has 8 nitrogen and oxygen atoms in total. The van der Waals surface area contributed by atoms with E-state index in [0.29, 0.717) is 31.9 Å². The quantitative estimate of drug-likeness (QED) is 0.802. The second-order valence-corrected chi connectivity index (χ2v) is 6.33. The predicted octanol–water partition coefficient (Wildman–Crippen LogP) is 0.671. The third-order valence-corrected chi connectivity index (χ3v) is 4.74. The van der Waals surface area contributed by atoms with Gasteiger partial charge in [0, 0.05) is 63.4 Å². The van der Waals surface area contributed by atoms with Crippen molar-refractivity contribution in [2.24, 2.45) is 0 Å². The summed E-state index contributed by atoms with van der Waals surface area (Å²) in [5, 5.41) is 0. The van der Waals surface area contributed by atoms with Crippen LogP contribution in [0.25, 0.3) is 0 Å². The third-order valence-electron chi connectivity index (χ3n) is 4.74. The number of hydrogen-bond acceptors (Lipinski definition) is 7. The Balaban J connectivity index is 1.39. The van der Waals surface area contributed by atoms with Crippen LogP contribution in [0.5, 0.6) is 0 Å². The Labute approximate surface area is 152 Å². The van der Waals surface area contributed by atoms with E-state index in [1.807, 2.05) is 17.2 Å². The van der Waals surface area contributed by atoms with Crippen molar-refractivity contribution < 1.29 is 9.53 Å². The minimum absolute atomic E-state index is 0.0590. The van der Waals surface area contributed by atoms with Crippen LogP contribution in [0.15, 0.2) is 36.8 Å². The van der Waals surface area contributed by atoms with Gasteiger partial charge in [0.2, 0.25) is 5.95 Å². The monoisotopic (exact) mass is 354 g/mol. The number of piperazine rings is 1. The molecular weight excluding hydrogens is 332 g/mol. The standard InChI is InChI=1S/C18H22N6O2/c25-17(15-1-4-19-5-2-15)23-9-7-22(8-10-23)16-3-6-20-18(21-16)24-11-13-26-14-12-24/h1-6H,7-14H2. The summed E-state index contributed by atoms with van der Waals surface area (Å²) >= 11 is 0. The van der Waals surface area contributed by atoms with Gasteiger partial charge in [0.15, 0.2) is 0 Å². The summed E-state index contributed by atoms with van der Waals surface area (Å²) in [6.07, 6.45) is 5.11. The normalized spacial score (nSPS) is 18.1. The van der Waals surface area contributed by atoms with Crippen LogP contribution in [0, 0.1) is 0 Å². The fourth-order valence-corrected chi connectivity index (χ4v) is 3.25. The Hall–Kier alpha value is -2.74. The number of anilines is 2. The summed E-state index contributed by atoms with van der Waals surface area (Å²) in [7, 11) is 0. The lowest BCUT2D eigenvalue weighted by Crippen LogP contribution is -2.49. The van der Waals surface area contributed by atoms with Crippen molar-refractivity contribution in [2.45, 2.75) is 0 Å². The van der Waals surface area contributed by atoms with Gasteiger partial charge in [-0.3, -0.25) is 9.78 Å². The summed E-state index contributed by atoms with van der Waals surface area (Å²) in [4.78, 5) is 31.9. The van der Waals surface area contributed by atoms with Crippen molar-refractivity contribution in [3.05, 3.63) is 42.4 Å². The van der Waals surface area contributed by atoms with E-state index in [-0.39, 0.29) is 5.91 Å². The maximum atomic E-state index is 12.5. The molecule has 0 N–H and O–H groups in total. The van der Waals surface area contributed by atoms with Crippen LogP contribution in [-0.2, 0) is 4.74 Å². The largest absolute Gasteiger partial charge is 0.378 e. The van der Waals surface area contributed by atoms with Gasteiger partial charge >= 0.3 is 0 Å². The highest BCUT2D eigenvalue weighted by molar-refractivity contribution is 5.94. The molecule has 2 aromatic heterocycles. The number of pyridine rings is 1. The predicted molar refractivity (Wildman–Crippen MR) is 97.4 cm³/mol. The number of nitrogens with zero attached hydrogens (tertiary/aromatic N) is 6. The van der Waals surface area contributed by atoms with E-state index in [4.69, 9.17) is 9.72 Å². The highest BCUT2D eigenvalue weighted by Gasteiger charge is 2.23. The minimum atomic E-state index is 0.0590. The first kappa shape index (κ1) is 16.7. The van der Waals surface area contributed by atoms with Crippen LogP contribution in [0.1, 0.15) is 10.4 Å². The molecule has 2 aliphatic heterocycles. The van der Waals surface area contributed by atoms with Gasteiger partial charge in [0.05, 0.1) is 13.2 Å². The number of amides is 1. The Bertz CT molecular complexity index is 742. The average molecular weight is 354 g/mol. The van der Waals surface area contributed by atoms with E-state index in [1.54, 1.807) is 24.5 Å². The molecule has 0 bridgehead atoms. The van der Waals surface area contributed by atoms with Crippen LogP contribution < -0.4 is 9.80 Å². The first-order chi connectivity index (χ1) is 12.8. The molecule has 1 amide bonds. The van der Waals surface area contributed by atoms with Crippen molar-refractivity contribution in [1.29, 1.82) is 0 Å². The molecule has 136 valence electrons. The molecule has 8 heteroatoms. The summed E-state index contributed by atoms with van der Waals surface area (Å²) in [5.74, 6) is 1.72. The summed E-state index contributed by atoms with van der Waals surface area (Å²) in [6, 6.07) is 5.45. The zero-order valence-electron chi connectivity index (χ0n) is 14.6. The van der Waals surface area contributed by atoms with Crippen LogP contribution in [0.2, 0.25) is 0 Å². The number of ether oxygens (including phenoxy) is 1. The van der Waals surface area contributed by atoms with E-state index in [2.05, 4.69) is 19.8 Å². The number of aromatic nitrogens is 3. The minimum Gasteiger partial charge on any atom is -0.378 e. The number of carbonyl (C=O) groups excluding carboxylic acids is 1. The van der Waals surface area contributed by atoms with E-state index in [9.17, 15) is 4.79 Å². The van der Waals surface area contributed by atoms with Crippen LogP contribution in [0.3, 0.4) is 0 Å². The van der Waals surface area contributed by atoms with Crippen LogP contribution >= 0.6 is 0 Å². The van der Waals surface area contributed by atoms with Gasteiger partial charge in [-0.1, -0.05) is 0 Å². The first-order valence-corrected chi connectivity index (χ1v) is 8.91. The molecule has 2 fully saturated rings. The van der Waals surface area contributed by atoms with Crippen molar-refractivity contribution >= 4 is 17.7 Å². The highest BCUT2D eigenvalue weighted by atomic mass is 16.5. The summed E-state index contributed by atoms with van der Waals surface area (Å²) < 4.78 is 5.39. The maximum Gasteiger partial charge on any atom is 0.254 e. The third kappa shape index (κ3) is 3.60. The van der Waals surface area contributed by atoms with Gasteiger partial charge in [0.1, 0.15) is 5.82 Å². The van der Waals surface area contributed by atoms with Gasteiger partial charge in [-0.15, -0.1) is 0 Å². The highest BCUT2D eigenvalue weighted by Crippen LogP contribution is 2.18. The number of morpholine rings is 1. The zero-order chi connectivity index (χ0) is 17.8. The van der Waals surface area contributed by atoms with E-state index in [1.165, 1.54) is 0 Å². The number of hydrogen-bond donors (Lipinski definition) is 0. The van der Waals surface area contributed by atoms with Gasteiger partial charge < -0.3 is 19.4 Å². The van der Waals surface area contributed by atoms with Crippen molar-refractivity contribution in [3.63, 3.8) is 0 Å². The topological polar surface area (TPSA) is 74.7 Å². The lowest BCUT2D eigenvalue weighted by Gasteiger charge is -2.36. The Morgan fingerprint density at radius 2 is 1.62 bits per heavy atom. The zero-order valence-corrected chi connectivity index (χ0v) is 14.6. The van der Waals surface area contributed by atoms with Crippen LogP contribution in [-0.4, -0.2) is 78.2 Å². The van der Waals surface area contributed by atoms with E-state index < -0.39 is 0 Å². The smallest absolute Gasteiger partial charge is 0.254 e. The molecule has 4 rings (SSSR count). The van der Waals surface area contributed by atoms with E-state index >= 15 is 0 Å². The fourth-order valence-electron chi connectivity index (χ4n) is 3.25.